The molecule has 1 unspecified atom stereocenters. The molecule has 0 amide bonds. The Hall–Kier alpha value is -0.520. The second-order valence-corrected chi connectivity index (χ2v) is 5.94. The van der Waals surface area contributed by atoms with Crippen LogP contribution in [0.1, 0.15) is 52.4 Å². The fourth-order valence-electron chi connectivity index (χ4n) is 3.38. The summed E-state index contributed by atoms with van der Waals surface area (Å²) in [6, 6.07) is 0. The summed E-state index contributed by atoms with van der Waals surface area (Å²) in [6.07, 6.45) is 13.0. The molecular formula is C15H24. The van der Waals surface area contributed by atoms with Gasteiger partial charge < -0.3 is 0 Å². The molecule has 0 aromatic rings. The zero-order chi connectivity index (χ0) is 10.9. The first-order valence-electron chi connectivity index (χ1n) is 6.46. The van der Waals surface area contributed by atoms with E-state index in [9.17, 15) is 0 Å². The van der Waals surface area contributed by atoms with Crippen LogP contribution in [0.15, 0.2) is 24.3 Å². The first-order valence-corrected chi connectivity index (χ1v) is 6.46. The highest BCUT2D eigenvalue weighted by Crippen LogP contribution is 2.61. The van der Waals surface area contributed by atoms with Crippen molar-refractivity contribution >= 4 is 0 Å². The molecule has 0 heteroatoms. The van der Waals surface area contributed by atoms with E-state index in [1.165, 1.54) is 44.1 Å². The van der Waals surface area contributed by atoms with Gasteiger partial charge in [0.1, 0.15) is 0 Å². The van der Waals surface area contributed by atoms with Gasteiger partial charge in [-0.15, -0.1) is 0 Å². The average Bonchev–Trinajstić information content (AvgIpc) is 2.36. The third-order valence-electron chi connectivity index (χ3n) is 4.32. The minimum atomic E-state index is 0.693. The van der Waals surface area contributed by atoms with Gasteiger partial charge in [0.05, 0.1) is 0 Å². The Balaban J connectivity index is 1.82. The Morgan fingerprint density at radius 2 is 2.33 bits per heavy atom. The van der Waals surface area contributed by atoms with Crippen molar-refractivity contribution in [3.8, 4) is 0 Å². The van der Waals surface area contributed by atoms with Crippen LogP contribution in [-0.4, -0.2) is 0 Å². The molecule has 0 saturated heterocycles. The van der Waals surface area contributed by atoms with Crippen molar-refractivity contribution < 1.29 is 0 Å². The molecule has 0 bridgehead atoms. The summed E-state index contributed by atoms with van der Waals surface area (Å²) >= 11 is 0. The highest BCUT2D eigenvalue weighted by Gasteiger charge is 2.49. The van der Waals surface area contributed by atoms with Crippen LogP contribution in [0.4, 0.5) is 0 Å². The Morgan fingerprint density at radius 1 is 1.53 bits per heavy atom. The van der Waals surface area contributed by atoms with E-state index in [1.54, 1.807) is 0 Å². The predicted molar refractivity (Wildman–Crippen MR) is 66.7 cm³/mol. The lowest BCUT2D eigenvalue weighted by Gasteiger charge is -2.45. The zero-order valence-corrected chi connectivity index (χ0v) is 10.3. The van der Waals surface area contributed by atoms with E-state index in [2.05, 4.69) is 32.6 Å². The van der Waals surface area contributed by atoms with Crippen LogP contribution in [0.5, 0.6) is 0 Å². The summed E-state index contributed by atoms with van der Waals surface area (Å²) in [6.45, 7) is 8.68. The van der Waals surface area contributed by atoms with E-state index in [0.29, 0.717) is 11.3 Å². The predicted octanol–water partition coefficient (Wildman–Crippen LogP) is 4.73. The lowest BCUT2D eigenvalue weighted by molar-refractivity contribution is 0.0558. The van der Waals surface area contributed by atoms with Gasteiger partial charge in [0.15, 0.2) is 0 Å². The highest BCUT2D eigenvalue weighted by atomic mass is 14.5. The number of allylic oxidation sites excluding steroid dienone is 3. The monoisotopic (exact) mass is 204 g/mol. The van der Waals surface area contributed by atoms with E-state index >= 15 is 0 Å². The number of fused-ring (bicyclic) bond motifs is 1. The third-order valence-corrected chi connectivity index (χ3v) is 4.32. The van der Waals surface area contributed by atoms with Gasteiger partial charge in [-0.05, 0) is 55.8 Å². The third kappa shape index (κ3) is 2.19. The van der Waals surface area contributed by atoms with Gasteiger partial charge in [-0.25, -0.2) is 0 Å². The molecule has 2 aliphatic rings. The second kappa shape index (κ2) is 4.15. The van der Waals surface area contributed by atoms with Crippen LogP contribution >= 0.6 is 0 Å². The largest absolute Gasteiger partial charge is 0.0998 e. The molecule has 2 saturated carbocycles. The van der Waals surface area contributed by atoms with E-state index in [0.717, 1.165) is 5.92 Å². The van der Waals surface area contributed by atoms with Crippen LogP contribution in [0.25, 0.3) is 0 Å². The Kier molecular flexibility index (Phi) is 3.04. The molecule has 0 aromatic heterocycles. The first-order chi connectivity index (χ1) is 7.12. The van der Waals surface area contributed by atoms with Crippen LogP contribution in [0, 0.1) is 17.3 Å². The van der Waals surface area contributed by atoms with Crippen LogP contribution < -0.4 is 0 Å². The van der Waals surface area contributed by atoms with Gasteiger partial charge in [-0.1, -0.05) is 38.2 Å². The van der Waals surface area contributed by atoms with Crippen molar-refractivity contribution in [1.29, 1.82) is 0 Å². The summed E-state index contributed by atoms with van der Waals surface area (Å²) in [5, 5.41) is 0. The Bertz CT molecular complexity index is 272. The van der Waals surface area contributed by atoms with Crippen LogP contribution in [0.2, 0.25) is 0 Å². The molecule has 84 valence electrons. The van der Waals surface area contributed by atoms with Crippen LogP contribution in [0.3, 0.4) is 0 Å². The summed E-state index contributed by atoms with van der Waals surface area (Å²) in [5.41, 5.74) is 2.21. The quantitative estimate of drug-likeness (QED) is 0.581. The van der Waals surface area contributed by atoms with Gasteiger partial charge in [0, 0.05) is 0 Å². The van der Waals surface area contributed by atoms with Gasteiger partial charge in [-0.2, -0.15) is 0 Å². The molecule has 0 spiro atoms. The maximum Gasteiger partial charge on any atom is -0.0226 e. The second-order valence-electron chi connectivity index (χ2n) is 5.94. The molecule has 2 rings (SSSR count). The molecule has 0 aliphatic heterocycles. The van der Waals surface area contributed by atoms with Gasteiger partial charge in [0.2, 0.25) is 0 Å². The number of hydrogen-bond acceptors (Lipinski definition) is 0. The Labute approximate surface area is 94.5 Å². The molecule has 2 atom stereocenters. The molecule has 2 aliphatic carbocycles. The molecule has 0 nitrogen and oxygen atoms in total. The maximum absolute atomic E-state index is 4.18. The van der Waals surface area contributed by atoms with Crippen molar-refractivity contribution in [1.82, 2.24) is 0 Å². The van der Waals surface area contributed by atoms with Crippen molar-refractivity contribution in [3.63, 3.8) is 0 Å². The van der Waals surface area contributed by atoms with E-state index in [1.807, 2.05) is 0 Å². The maximum atomic E-state index is 4.18. The Morgan fingerprint density at radius 3 is 2.87 bits per heavy atom. The molecule has 0 radical (unpaired) electrons. The summed E-state index contributed by atoms with van der Waals surface area (Å²) in [5.74, 6) is 1.70. The van der Waals surface area contributed by atoms with Crippen molar-refractivity contribution in [3.05, 3.63) is 24.3 Å². The molecule has 0 heterocycles. The fourth-order valence-corrected chi connectivity index (χ4v) is 3.38. The fraction of sp³-hybridized carbons (Fsp3) is 0.733. The molecule has 0 N–H and O–H groups in total. The summed E-state index contributed by atoms with van der Waals surface area (Å²) < 4.78 is 0. The molecule has 15 heavy (non-hydrogen) atoms. The van der Waals surface area contributed by atoms with E-state index in [-0.39, 0.29) is 0 Å². The van der Waals surface area contributed by atoms with Gasteiger partial charge in [-0.3, -0.25) is 0 Å². The summed E-state index contributed by atoms with van der Waals surface area (Å²) in [4.78, 5) is 0. The first kappa shape index (κ1) is 11.0. The van der Waals surface area contributed by atoms with E-state index < -0.39 is 0 Å². The van der Waals surface area contributed by atoms with Crippen molar-refractivity contribution in [2.75, 3.05) is 0 Å². The standard InChI is InChI=1S/C15H24/c1-12(2)6-4-5-8-15-9-7-14(15)10-13(3)11-15/h4,6,12,14H,3,5,7-11H2,1-2H3/b6-4-/t14?,15-/m0/s1. The van der Waals surface area contributed by atoms with E-state index in [4.69, 9.17) is 0 Å². The topological polar surface area (TPSA) is 0 Å². The van der Waals surface area contributed by atoms with Gasteiger partial charge in [0.25, 0.3) is 0 Å². The van der Waals surface area contributed by atoms with Gasteiger partial charge >= 0.3 is 0 Å². The lowest BCUT2D eigenvalue weighted by Crippen LogP contribution is -2.35. The van der Waals surface area contributed by atoms with Crippen LogP contribution in [-0.2, 0) is 0 Å². The van der Waals surface area contributed by atoms with Crippen molar-refractivity contribution in [2.24, 2.45) is 17.3 Å². The average molecular weight is 204 g/mol. The van der Waals surface area contributed by atoms with Crippen molar-refractivity contribution in [2.45, 2.75) is 52.4 Å². The lowest BCUT2D eigenvalue weighted by atomic mass is 9.60. The minimum Gasteiger partial charge on any atom is -0.0998 e. The summed E-state index contributed by atoms with van der Waals surface area (Å²) in [7, 11) is 0. The minimum absolute atomic E-state index is 0.693. The SMILES string of the molecule is C=C1CC2CC[C@@]2(CC/C=C\C(C)C)C1. The molecular weight excluding hydrogens is 180 g/mol. The molecule has 2 fully saturated rings. The highest BCUT2D eigenvalue weighted by molar-refractivity contribution is 5.16. The zero-order valence-electron chi connectivity index (χ0n) is 10.3. The number of rotatable bonds is 4. The molecule has 0 aromatic carbocycles. The normalized spacial score (nSPS) is 34.9. The smallest absolute Gasteiger partial charge is 0.0226 e. The number of hydrogen-bond donors (Lipinski definition) is 0.